The molecule has 0 fully saturated rings. The Morgan fingerprint density at radius 2 is 1.89 bits per heavy atom. The van der Waals surface area contributed by atoms with Crippen LogP contribution in [-0.2, 0) is 4.74 Å². The molecule has 0 aliphatic carbocycles. The van der Waals surface area contributed by atoms with Gasteiger partial charge in [0.05, 0.1) is 6.61 Å². The molecule has 0 aliphatic rings. The molecule has 0 radical (unpaired) electrons. The lowest BCUT2D eigenvalue weighted by Gasteiger charge is -2.16. The highest BCUT2D eigenvalue weighted by atomic mass is 16.5. The zero-order chi connectivity index (χ0) is 19.3. The van der Waals surface area contributed by atoms with Gasteiger partial charge in [-0.3, -0.25) is 0 Å². The molecule has 0 aliphatic heterocycles. The van der Waals surface area contributed by atoms with E-state index in [4.69, 9.17) is 9.47 Å². The van der Waals surface area contributed by atoms with Gasteiger partial charge in [-0.05, 0) is 36.8 Å². The van der Waals surface area contributed by atoms with Crippen molar-refractivity contribution in [3.63, 3.8) is 0 Å². The van der Waals surface area contributed by atoms with Crippen LogP contribution >= 0.6 is 0 Å². The molecule has 1 N–H and O–H groups in total. The van der Waals surface area contributed by atoms with E-state index in [1.54, 1.807) is 7.11 Å². The van der Waals surface area contributed by atoms with Crippen LogP contribution in [0.3, 0.4) is 0 Å². The molecule has 1 atom stereocenters. The van der Waals surface area contributed by atoms with Crippen LogP contribution in [0.1, 0.15) is 46.0 Å². The van der Waals surface area contributed by atoms with Crippen molar-refractivity contribution in [1.82, 2.24) is 5.32 Å². The van der Waals surface area contributed by atoms with Crippen LogP contribution in [0.25, 0.3) is 10.8 Å². The molecule has 0 aromatic heterocycles. The minimum Gasteiger partial charge on any atom is -0.489 e. The Balaban J connectivity index is 1.97. The van der Waals surface area contributed by atoms with Crippen LogP contribution in [0.15, 0.2) is 54.1 Å². The smallest absolute Gasteiger partial charge is 0.127 e. The van der Waals surface area contributed by atoms with Crippen molar-refractivity contribution in [2.45, 2.75) is 52.0 Å². The number of hydrogen-bond donors (Lipinski definition) is 1. The molecule has 27 heavy (non-hydrogen) atoms. The summed E-state index contributed by atoms with van der Waals surface area (Å²) in [5, 5.41) is 5.92. The predicted octanol–water partition coefficient (Wildman–Crippen LogP) is 5.74. The molecule has 3 nitrogen and oxygen atoms in total. The van der Waals surface area contributed by atoms with E-state index in [0.717, 1.165) is 18.7 Å². The third-order valence-electron chi connectivity index (χ3n) is 4.75. The first-order valence-electron chi connectivity index (χ1n) is 10.3. The topological polar surface area (TPSA) is 30.5 Å². The average molecular weight is 370 g/mol. The highest BCUT2D eigenvalue weighted by molar-refractivity contribution is 5.88. The zero-order valence-electron chi connectivity index (χ0n) is 17.2. The molecule has 0 amide bonds. The molecule has 0 saturated heterocycles. The third kappa shape index (κ3) is 7.74. The second-order valence-corrected chi connectivity index (χ2v) is 7.21. The van der Waals surface area contributed by atoms with Crippen LogP contribution in [0.5, 0.6) is 5.75 Å². The van der Waals surface area contributed by atoms with E-state index in [1.165, 1.54) is 42.0 Å². The van der Waals surface area contributed by atoms with Gasteiger partial charge in [-0.2, -0.15) is 0 Å². The van der Waals surface area contributed by atoms with Gasteiger partial charge in [0.25, 0.3) is 0 Å². The molecule has 0 heterocycles. The first-order valence-corrected chi connectivity index (χ1v) is 10.3. The molecule has 2 rings (SSSR count). The number of ether oxygens (including phenoxy) is 2. The molecule has 2 aromatic rings. The van der Waals surface area contributed by atoms with Crippen LogP contribution < -0.4 is 10.1 Å². The van der Waals surface area contributed by atoms with Crippen molar-refractivity contribution in [3.8, 4) is 5.75 Å². The number of rotatable bonds is 13. The minimum absolute atomic E-state index is 0.330. The average Bonchev–Trinajstić information content (AvgIpc) is 2.69. The second-order valence-electron chi connectivity index (χ2n) is 7.21. The number of nitrogens with one attached hydrogen (secondary N) is 1. The molecule has 0 saturated carbocycles. The third-order valence-corrected chi connectivity index (χ3v) is 4.75. The maximum absolute atomic E-state index is 6.21. The lowest BCUT2D eigenvalue weighted by molar-refractivity contribution is 0.173. The van der Waals surface area contributed by atoms with E-state index >= 15 is 0 Å². The standard InChI is InChI=1S/C24H35NO2/c1-4-5-6-7-8-12-21(17-25-20(2)18-26-3)19-27-24-16-11-14-22-13-9-10-15-23(22)24/h9-16,20,25H,4-8,17-19H2,1-3H3/b21-12-. The van der Waals surface area contributed by atoms with Crippen molar-refractivity contribution in [1.29, 1.82) is 0 Å². The second kappa shape index (κ2) is 12.5. The maximum Gasteiger partial charge on any atom is 0.127 e. The van der Waals surface area contributed by atoms with Crippen molar-refractivity contribution < 1.29 is 9.47 Å². The highest BCUT2D eigenvalue weighted by Crippen LogP contribution is 2.25. The Bertz CT molecular complexity index is 690. The van der Waals surface area contributed by atoms with Gasteiger partial charge in [0, 0.05) is 25.1 Å². The lowest BCUT2D eigenvalue weighted by atomic mass is 10.1. The summed E-state index contributed by atoms with van der Waals surface area (Å²) in [6.45, 7) is 6.57. The molecule has 148 valence electrons. The highest BCUT2D eigenvalue weighted by Gasteiger charge is 2.06. The normalized spacial score (nSPS) is 13.1. The molecule has 2 aromatic carbocycles. The van der Waals surface area contributed by atoms with Gasteiger partial charge in [-0.25, -0.2) is 0 Å². The number of allylic oxidation sites excluding steroid dienone is 1. The van der Waals surface area contributed by atoms with Crippen molar-refractivity contribution in [2.75, 3.05) is 26.9 Å². The summed E-state index contributed by atoms with van der Waals surface area (Å²) >= 11 is 0. The number of hydrogen-bond acceptors (Lipinski definition) is 3. The van der Waals surface area contributed by atoms with Gasteiger partial charge in [0.15, 0.2) is 0 Å². The van der Waals surface area contributed by atoms with Crippen LogP contribution in [0.2, 0.25) is 0 Å². The summed E-state index contributed by atoms with van der Waals surface area (Å²) in [4.78, 5) is 0. The van der Waals surface area contributed by atoms with Gasteiger partial charge < -0.3 is 14.8 Å². The molecule has 0 spiro atoms. The summed E-state index contributed by atoms with van der Waals surface area (Å²) in [6, 6.07) is 14.9. The van der Waals surface area contributed by atoms with E-state index in [9.17, 15) is 0 Å². The Morgan fingerprint density at radius 1 is 1.07 bits per heavy atom. The summed E-state index contributed by atoms with van der Waals surface area (Å²) in [5.74, 6) is 0.954. The molecule has 1 unspecified atom stereocenters. The van der Waals surface area contributed by atoms with Gasteiger partial charge in [-0.15, -0.1) is 0 Å². The van der Waals surface area contributed by atoms with Crippen molar-refractivity contribution >= 4 is 10.8 Å². The summed E-state index contributed by atoms with van der Waals surface area (Å²) in [5.41, 5.74) is 1.31. The Kier molecular flexibility index (Phi) is 9.96. The first kappa shape index (κ1) is 21.5. The number of benzene rings is 2. The van der Waals surface area contributed by atoms with Crippen LogP contribution in [-0.4, -0.2) is 32.9 Å². The van der Waals surface area contributed by atoms with Gasteiger partial charge in [0.1, 0.15) is 12.4 Å². The van der Waals surface area contributed by atoms with Crippen molar-refractivity contribution in [3.05, 3.63) is 54.1 Å². The number of methoxy groups -OCH3 is 1. The first-order chi connectivity index (χ1) is 13.2. The van der Waals surface area contributed by atoms with E-state index in [2.05, 4.69) is 67.7 Å². The number of fused-ring (bicyclic) bond motifs is 1. The monoisotopic (exact) mass is 369 g/mol. The van der Waals surface area contributed by atoms with E-state index in [1.807, 2.05) is 0 Å². The largest absolute Gasteiger partial charge is 0.489 e. The van der Waals surface area contributed by atoms with Crippen molar-refractivity contribution in [2.24, 2.45) is 0 Å². The van der Waals surface area contributed by atoms with Crippen LogP contribution in [0.4, 0.5) is 0 Å². The Morgan fingerprint density at radius 3 is 2.70 bits per heavy atom. The fraction of sp³-hybridized carbons (Fsp3) is 0.500. The minimum atomic E-state index is 0.330. The van der Waals surface area contributed by atoms with Gasteiger partial charge in [-0.1, -0.05) is 68.7 Å². The fourth-order valence-electron chi connectivity index (χ4n) is 3.17. The SMILES string of the molecule is CCCCCC/C=C(/CNC(C)COC)COc1cccc2ccccc12. The summed E-state index contributed by atoms with van der Waals surface area (Å²) in [7, 11) is 1.74. The van der Waals surface area contributed by atoms with Gasteiger partial charge >= 0.3 is 0 Å². The fourth-order valence-corrected chi connectivity index (χ4v) is 3.17. The molecule has 0 bridgehead atoms. The zero-order valence-corrected chi connectivity index (χ0v) is 17.2. The maximum atomic E-state index is 6.21. The molecular weight excluding hydrogens is 334 g/mol. The number of unbranched alkanes of at least 4 members (excludes halogenated alkanes) is 4. The van der Waals surface area contributed by atoms with Gasteiger partial charge in [0.2, 0.25) is 0 Å². The van der Waals surface area contributed by atoms with Crippen LogP contribution in [0, 0.1) is 0 Å². The predicted molar refractivity (Wildman–Crippen MR) is 116 cm³/mol. The van der Waals surface area contributed by atoms with E-state index in [0.29, 0.717) is 19.3 Å². The van der Waals surface area contributed by atoms with E-state index < -0.39 is 0 Å². The molecular formula is C24H35NO2. The summed E-state index contributed by atoms with van der Waals surface area (Å²) in [6.07, 6.45) is 8.62. The summed E-state index contributed by atoms with van der Waals surface area (Å²) < 4.78 is 11.4. The Labute approximate surface area is 164 Å². The Hall–Kier alpha value is -1.84. The quantitative estimate of drug-likeness (QED) is 0.361. The van der Waals surface area contributed by atoms with E-state index in [-0.39, 0.29) is 0 Å². The lowest BCUT2D eigenvalue weighted by Crippen LogP contribution is -2.32. The molecule has 3 heteroatoms.